The van der Waals surface area contributed by atoms with Crippen molar-refractivity contribution in [3.8, 4) is 0 Å². The Labute approximate surface area is 106 Å². The second kappa shape index (κ2) is 5.34. The largest absolute Gasteiger partial charge is 0.384 e. The Bertz CT molecular complexity index is 499. The third-order valence-electron chi connectivity index (χ3n) is 2.72. The SMILES string of the molecule is CSc1ccc(C(O)c2ccccc2)c(C)n1. The van der Waals surface area contributed by atoms with Crippen molar-refractivity contribution in [3.63, 3.8) is 0 Å². The van der Waals surface area contributed by atoms with Gasteiger partial charge in [-0.05, 0) is 24.8 Å². The molecule has 17 heavy (non-hydrogen) atoms. The van der Waals surface area contributed by atoms with Gasteiger partial charge < -0.3 is 5.11 Å². The van der Waals surface area contributed by atoms with Crippen LogP contribution >= 0.6 is 11.8 Å². The van der Waals surface area contributed by atoms with Gasteiger partial charge in [-0.2, -0.15) is 0 Å². The Kier molecular flexibility index (Phi) is 3.82. The van der Waals surface area contributed by atoms with Gasteiger partial charge in [-0.1, -0.05) is 36.4 Å². The van der Waals surface area contributed by atoms with Gasteiger partial charge in [-0.15, -0.1) is 11.8 Å². The van der Waals surface area contributed by atoms with E-state index >= 15 is 0 Å². The highest BCUT2D eigenvalue weighted by Crippen LogP contribution is 2.25. The third-order valence-corrected chi connectivity index (χ3v) is 3.37. The Hall–Kier alpha value is -1.32. The highest BCUT2D eigenvalue weighted by atomic mass is 32.2. The fraction of sp³-hybridized carbons (Fsp3) is 0.214. The summed E-state index contributed by atoms with van der Waals surface area (Å²) in [4.78, 5) is 4.44. The van der Waals surface area contributed by atoms with Gasteiger partial charge in [0.1, 0.15) is 6.10 Å². The lowest BCUT2D eigenvalue weighted by molar-refractivity contribution is 0.219. The van der Waals surface area contributed by atoms with Crippen molar-refractivity contribution in [1.29, 1.82) is 0 Å². The molecule has 1 N–H and O–H groups in total. The van der Waals surface area contributed by atoms with Crippen LogP contribution in [0.1, 0.15) is 22.9 Å². The summed E-state index contributed by atoms with van der Waals surface area (Å²) >= 11 is 1.61. The maximum atomic E-state index is 10.3. The summed E-state index contributed by atoms with van der Waals surface area (Å²) in [6.45, 7) is 1.93. The number of aromatic nitrogens is 1. The molecule has 88 valence electrons. The van der Waals surface area contributed by atoms with Crippen LogP contribution in [0.2, 0.25) is 0 Å². The van der Waals surface area contributed by atoms with E-state index in [1.807, 2.05) is 55.6 Å². The van der Waals surface area contributed by atoms with E-state index in [0.717, 1.165) is 21.8 Å². The normalized spacial score (nSPS) is 12.4. The number of aliphatic hydroxyl groups excluding tert-OH is 1. The summed E-state index contributed by atoms with van der Waals surface area (Å²) in [5.41, 5.74) is 2.65. The van der Waals surface area contributed by atoms with E-state index in [9.17, 15) is 5.11 Å². The molecule has 2 rings (SSSR count). The maximum Gasteiger partial charge on any atom is 0.106 e. The quantitative estimate of drug-likeness (QED) is 0.843. The second-order valence-corrected chi connectivity index (χ2v) is 4.67. The smallest absolute Gasteiger partial charge is 0.106 e. The van der Waals surface area contributed by atoms with Crippen molar-refractivity contribution in [1.82, 2.24) is 4.98 Å². The molecule has 0 aliphatic rings. The molecule has 0 spiro atoms. The number of hydrogen-bond donors (Lipinski definition) is 1. The van der Waals surface area contributed by atoms with Gasteiger partial charge >= 0.3 is 0 Å². The van der Waals surface area contributed by atoms with Gasteiger partial charge in [0.15, 0.2) is 0 Å². The Morgan fingerprint density at radius 3 is 2.41 bits per heavy atom. The van der Waals surface area contributed by atoms with Crippen LogP contribution in [0, 0.1) is 6.92 Å². The Morgan fingerprint density at radius 1 is 1.12 bits per heavy atom. The number of aryl methyl sites for hydroxylation is 1. The Morgan fingerprint density at radius 2 is 1.82 bits per heavy atom. The summed E-state index contributed by atoms with van der Waals surface area (Å²) in [7, 11) is 0. The van der Waals surface area contributed by atoms with Crippen molar-refractivity contribution in [2.45, 2.75) is 18.1 Å². The third kappa shape index (κ3) is 2.68. The summed E-state index contributed by atoms with van der Waals surface area (Å²) in [5, 5.41) is 11.3. The van der Waals surface area contributed by atoms with Crippen molar-refractivity contribution < 1.29 is 5.11 Å². The standard InChI is InChI=1S/C14H15NOS/c1-10-12(8-9-13(15-10)17-2)14(16)11-6-4-3-5-7-11/h3-9,14,16H,1-2H3. The number of rotatable bonds is 3. The summed E-state index contributed by atoms with van der Waals surface area (Å²) < 4.78 is 0. The van der Waals surface area contributed by atoms with E-state index in [1.165, 1.54) is 0 Å². The molecule has 2 aromatic rings. The van der Waals surface area contributed by atoms with Crippen LogP contribution in [0.25, 0.3) is 0 Å². The topological polar surface area (TPSA) is 33.1 Å². The summed E-state index contributed by atoms with van der Waals surface area (Å²) in [5.74, 6) is 0. The molecule has 0 amide bonds. The molecule has 0 fully saturated rings. The van der Waals surface area contributed by atoms with Gasteiger partial charge in [0, 0.05) is 11.3 Å². The predicted molar refractivity (Wildman–Crippen MR) is 71.3 cm³/mol. The van der Waals surface area contributed by atoms with Gasteiger partial charge in [0.05, 0.1) is 5.03 Å². The minimum absolute atomic E-state index is 0.598. The molecule has 0 saturated heterocycles. The lowest BCUT2D eigenvalue weighted by Gasteiger charge is -2.14. The number of pyridine rings is 1. The lowest BCUT2D eigenvalue weighted by Crippen LogP contribution is -2.03. The zero-order valence-electron chi connectivity index (χ0n) is 9.92. The Balaban J connectivity index is 2.34. The minimum Gasteiger partial charge on any atom is -0.384 e. The molecule has 1 unspecified atom stereocenters. The number of hydrogen-bond acceptors (Lipinski definition) is 3. The average molecular weight is 245 g/mol. The first kappa shape index (κ1) is 12.1. The van der Waals surface area contributed by atoms with E-state index < -0.39 is 6.10 Å². The molecule has 0 saturated carbocycles. The molecule has 0 bridgehead atoms. The number of nitrogens with zero attached hydrogens (tertiary/aromatic N) is 1. The first-order valence-corrected chi connectivity index (χ1v) is 6.69. The first-order chi connectivity index (χ1) is 8.22. The van der Waals surface area contributed by atoms with Crippen molar-refractivity contribution in [2.75, 3.05) is 6.26 Å². The molecular weight excluding hydrogens is 230 g/mol. The lowest BCUT2D eigenvalue weighted by atomic mass is 10.0. The van der Waals surface area contributed by atoms with Crippen LogP contribution in [0.3, 0.4) is 0 Å². The van der Waals surface area contributed by atoms with E-state index in [1.54, 1.807) is 11.8 Å². The molecule has 2 nitrogen and oxygen atoms in total. The van der Waals surface area contributed by atoms with Crippen LogP contribution in [-0.4, -0.2) is 16.3 Å². The number of aliphatic hydroxyl groups is 1. The van der Waals surface area contributed by atoms with Crippen molar-refractivity contribution >= 4 is 11.8 Å². The fourth-order valence-electron chi connectivity index (χ4n) is 1.77. The van der Waals surface area contributed by atoms with E-state index in [0.29, 0.717) is 0 Å². The van der Waals surface area contributed by atoms with Crippen LogP contribution in [-0.2, 0) is 0 Å². The highest BCUT2D eigenvalue weighted by molar-refractivity contribution is 7.98. The van der Waals surface area contributed by atoms with Gasteiger partial charge in [0.25, 0.3) is 0 Å². The molecule has 0 aliphatic heterocycles. The van der Waals surface area contributed by atoms with Crippen LogP contribution in [0.4, 0.5) is 0 Å². The predicted octanol–water partition coefficient (Wildman–Crippen LogP) is 3.19. The van der Waals surface area contributed by atoms with Gasteiger partial charge in [-0.3, -0.25) is 0 Å². The molecule has 1 aromatic heterocycles. The van der Waals surface area contributed by atoms with Crippen molar-refractivity contribution in [3.05, 3.63) is 59.3 Å². The molecule has 1 aromatic carbocycles. The number of thioether (sulfide) groups is 1. The van der Waals surface area contributed by atoms with Crippen LogP contribution in [0.15, 0.2) is 47.5 Å². The monoisotopic (exact) mass is 245 g/mol. The number of benzene rings is 1. The highest BCUT2D eigenvalue weighted by Gasteiger charge is 2.13. The zero-order valence-corrected chi connectivity index (χ0v) is 10.7. The molecule has 3 heteroatoms. The van der Waals surface area contributed by atoms with Crippen molar-refractivity contribution in [2.24, 2.45) is 0 Å². The maximum absolute atomic E-state index is 10.3. The van der Waals surface area contributed by atoms with E-state index in [4.69, 9.17) is 0 Å². The molecule has 1 heterocycles. The first-order valence-electron chi connectivity index (χ1n) is 5.47. The van der Waals surface area contributed by atoms with Crippen LogP contribution < -0.4 is 0 Å². The second-order valence-electron chi connectivity index (χ2n) is 3.84. The van der Waals surface area contributed by atoms with Gasteiger partial charge in [-0.25, -0.2) is 4.98 Å². The van der Waals surface area contributed by atoms with E-state index in [2.05, 4.69) is 4.98 Å². The molecule has 1 atom stereocenters. The minimum atomic E-state index is -0.598. The van der Waals surface area contributed by atoms with E-state index in [-0.39, 0.29) is 0 Å². The van der Waals surface area contributed by atoms with Crippen LogP contribution in [0.5, 0.6) is 0 Å². The summed E-state index contributed by atoms with van der Waals surface area (Å²) in [6.07, 6.45) is 1.40. The van der Waals surface area contributed by atoms with Gasteiger partial charge in [0.2, 0.25) is 0 Å². The summed E-state index contributed by atoms with van der Waals surface area (Å²) in [6, 6.07) is 13.5. The molecular formula is C14H15NOS. The fourth-order valence-corrected chi connectivity index (χ4v) is 2.20. The molecule has 0 aliphatic carbocycles. The molecule has 0 radical (unpaired) electrons. The average Bonchev–Trinajstić information content (AvgIpc) is 2.39. The zero-order chi connectivity index (χ0) is 12.3.